The molecule has 0 unspecified atom stereocenters. The minimum atomic E-state index is -1.97. The van der Waals surface area contributed by atoms with Crippen molar-refractivity contribution in [3.63, 3.8) is 0 Å². The van der Waals surface area contributed by atoms with Crippen molar-refractivity contribution in [3.05, 3.63) is 65.5 Å². The van der Waals surface area contributed by atoms with Crippen LogP contribution in [0.4, 0.5) is 14.9 Å². The Kier molecular flexibility index (Phi) is 7.85. The van der Waals surface area contributed by atoms with Crippen LogP contribution in [0.15, 0.2) is 48.5 Å². The first-order valence-electron chi connectivity index (χ1n) is 11.6. The standard InChI is InChI=1S/C26H37FN2O3Si/c1-20-17-28(15-16-29(20)25(30)31-18-21-11-8-7-9-12-21)23-14-10-13-22(24(23)27)19-32-33(5,6)26(2,3)4/h7-14,20H,15-19H2,1-6H3/t20-/m1/s1. The second kappa shape index (κ2) is 10.3. The topological polar surface area (TPSA) is 42.0 Å². The van der Waals surface area contributed by atoms with Gasteiger partial charge in [0, 0.05) is 31.2 Å². The van der Waals surface area contributed by atoms with E-state index in [-0.39, 0.29) is 36.2 Å². The number of anilines is 1. The van der Waals surface area contributed by atoms with Crippen LogP contribution in [-0.2, 0) is 22.4 Å². The average Bonchev–Trinajstić information content (AvgIpc) is 2.76. The average molecular weight is 473 g/mol. The smallest absolute Gasteiger partial charge is 0.410 e. The highest BCUT2D eigenvalue weighted by molar-refractivity contribution is 6.74. The Morgan fingerprint density at radius 3 is 2.39 bits per heavy atom. The van der Waals surface area contributed by atoms with Crippen molar-refractivity contribution in [2.45, 2.75) is 65.1 Å². The Morgan fingerprint density at radius 1 is 1.06 bits per heavy atom. The summed E-state index contributed by atoms with van der Waals surface area (Å²) < 4.78 is 27.2. The number of carbonyl (C=O) groups excluding carboxylic acids is 1. The van der Waals surface area contributed by atoms with E-state index in [4.69, 9.17) is 9.16 Å². The molecule has 33 heavy (non-hydrogen) atoms. The molecule has 0 bridgehead atoms. The van der Waals surface area contributed by atoms with Crippen LogP contribution in [0.5, 0.6) is 0 Å². The van der Waals surface area contributed by atoms with Crippen molar-refractivity contribution in [1.29, 1.82) is 0 Å². The highest BCUT2D eigenvalue weighted by Gasteiger charge is 2.37. The number of benzene rings is 2. The van der Waals surface area contributed by atoms with E-state index < -0.39 is 8.32 Å². The molecule has 1 atom stereocenters. The molecule has 2 aromatic carbocycles. The lowest BCUT2D eigenvalue weighted by Gasteiger charge is -2.40. The largest absolute Gasteiger partial charge is 0.445 e. The summed E-state index contributed by atoms with van der Waals surface area (Å²) >= 11 is 0. The van der Waals surface area contributed by atoms with Crippen molar-refractivity contribution in [1.82, 2.24) is 4.90 Å². The summed E-state index contributed by atoms with van der Waals surface area (Å²) in [6, 6.07) is 15.0. The molecule has 1 saturated heterocycles. The second-order valence-corrected chi connectivity index (χ2v) is 15.1. The van der Waals surface area contributed by atoms with Gasteiger partial charge in [0.1, 0.15) is 6.61 Å². The summed E-state index contributed by atoms with van der Waals surface area (Å²) in [5, 5.41) is 0.0714. The summed E-state index contributed by atoms with van der Waals surface area (Å²) in [6.45, 7) is 15.0. The van der Waals surface area contributed by atoms with E-state index in [0.29, 0.717) is 30.9 Å². The van der Waals surface area contributed by atoms with Crippen molar-refractivity contribution in [3.8, 4) is 0 Å². The molecule has 1 aliphatic rings. The summed E-state index contributed by atoms with van der Waals surface area (Å²) in [5.74, 6) is -0.233. The van der Waals surface area contributed by atoms with Gasteiger partial charge < -0.3 is 19.0 Å². The van der Waals surface area contributed by atoms with Crippen LogP contribution in [0, 0.1) is 5.82 Å². The Morgan fingerprint density at radius 2 is 1.76 bits per heavy atom. The van der Waals surface area contributed by atoms with E-state index in [1.54, 1.807) is 17.0 Å². The van der Waals surface area contributed by atoms with Crippen LogP contribution in [-0.4, -0.2) is 45.0 Å². The molecule has 0 radical (unpaired) electrons. The first-order valence-corrected chi connectivity index (χ1v) is 14.5. The van der Waals surface area contributed by atoms with Gasteiger partial charge in [-0.25, -0.2) is 9.18 Å². The van der Waals surface area contributed by atoms with E-state index in [1.807, 2.05) is 48.2 Å². The summed E-state index contributed by atoms with van der Waals surface area (Å²) in [7, 11) is -1.97. The van der Waals surface area contributed by atoms with Gasteiger partial charge in [-0.3, -0.25) is 0 Å². The Labute approximate surface area is 198 Å². The highest BCUT2D eigenvalue weighted by atomic mass is 28.4. The maximum Gasteiger partial charge on any atom is 0.410 e. The summed E-state index contributed by atoms with van der Waals surface area (Å²) in [5.41, 5.74) is 2.10. The molecular formula is C26H37FN2O3Si. The van der Waals surface area contributed by atoms with Gasteiger partial charge in [0.25, 0.3) is 0 Å². The molecule has 3 rings (SSSR count). The fourth-order valence-electron chi connectivity index (χ4n) is 3.65. The number of rotatable bonds is 6. The minimum absolute atomic E-state index is 0.0714. The van der Waals surface area contributed by atoms with Gasteiger partial charge in [-0.2, -0.15) is 0 Å². The predicted octanol–water partition coefficient (Wildman–Crippen LogP) is 6.19. The van der Waals surface area contributed by atoms with Gasteiger partial charge in [0.15, 0.2) is 14.1 Å². The number of carbonyl (C=O) groups is 1. The number of piperazine rings is 1. The van der Waals surface area contributed by atoms with Crippen molar-refractivity contribution >= 4 is 20.1 Å². The molecular weight excluding hydrogens is 435 g/mol. The van der Waals surface area contributed by atoms with Crippen LogP contribution >= 0.6 is 0 Å². The molecule has 1 fully saturated rings. The van der Waals surface area contributed by atoms with Crippen LogP contribution in [0.2, 0.25) is 18.1 Å². The van der Waals surface area contributed by atoms with Gasteiger partial charge in [0.05, 0.1) is 12.3 Å². The van der Waals surface area contributed by atoms with E-state index in [1.165, 1.54) is 0 Å². The lowest BCUT2D eigenvalue weighted by molar-refractivity contribution is 0.0794. The molecule has 0 spiro atoms. The molecule has 2 aromatic rings. The zero-order valence-corrected chi connectivity index (χ0v) is 21.7. The zero-order chi connectivity index (χ0) is 24.2. The normalized spacial score (nSPS) is 17.2. The van der Waals surface area contributed by atoms with E-state index in [0.717, 1.165) is 5.56 Å². The molecule has 0 saturated carbocycles. The number of hydrogen-bond acceptors (Lipinski definition) is 4. The number of hydrogen-bond donors (Lipinski definition) is 0. The van der Waals surface area contributed by atoms with Crippen molar-refractivity contribution in [2.24, 2.45) is 0 Å². The molecule has 0 aromatic heterocycles. The first kappa shape index (κ1) is 25.2. The molecule has 1 aliphatic heterocycles. The van der Waals surface area contributed by atoms with Gasteiger partial charge in [0.2, 0.25) is 0 Å². The third-order valence-electron chi connectivity index (χ3n) is 6.86. The Balaban J connectivity index is 1.61. The van der Waals surface area contributed by atoms with Crippen LogP contribution in [0.3, 0.4) is 0 Å². The van der Waals surface area contributed by atoms with Gasteiger partial charge in [-0.15, -0.1) is 0 Å². The maximum absolute atomic E-state index is 15.4. The maximum atomic E-state index is 15.4. The van der Waals surface area contributed by atoms with Crippen LogP contribution in [0.1, 0.15) is 38.8 Å². The first-order chi connectivity index (χ1) is 15.5. The zero-order valence-electron chi connectivity index (χ0n) is 20.7. The lowest BCUT2D eigenvalue weighted by atomic mass is 10.1. The van der Waals surface area contributed by atoms with Gasteiger partial charge in [-0.1, -0.05) is 63.2 Å². The lowest BCUT2D eigenvalue weighted by Crippen LogP contribution is -2.54. The number of nitrogens with zero attached hydrogens (tertiary/aromatic N) is 2. The van der Waals surface area contributed by atoms with E-state index in [2.05, 4.69) is 33.9 Å². The molecule has 1 amide bonds. The second-order valence-electron chi connectivity index (χ2n) is 10.3. The molecule has 7 heteroatoms. The fraction of sp³-hybridized carbons (Fsp3) is 0.500. The van der Waals surface area contributed by atoms with Crippen molar-refractivity contribution in [2.75, 3.05) is 24.5 Å². The molecule has 0 aliphatic carbocycles. The molecule has 1 heterocycles. The Hall–Kier alpha value is -2.38. The predicted molar refractivity (Wildman–Crippen MR) is 133 cm³/mol. The minimum Gasteiger partial charge on any atom is -0.445 e. The number of halogens is 1. The van der Waals surface area contributed by atoms with Crippen LogP contribution in [0.25, 0.3) is 0 Å². The monoisotopic (exact) mass is 472 g/mol. The van der Waals surface area contributed by atoms with E-state index in [9.17, 15) is 4.79 Å². The third-order valence-corrected chi connectivity index (χ3v) is 11.3. The van der Waals surface area contributed by atoms with Gasteiger partial charge >= 0.3 is 6.09 Å². The number of amides is 1. The Bertz CT molecular complexity index is 946. The van der Waals surface area contributed by atoms with Gasteiger partial charge in [-0.05, 0) is 36.7 Å². The fourth-order valence-corrected chi connectivity index (χ4v) is 4.60. The molecule has 5 nitrogen and oxygen atoms in total. The van der Waals surface area contributed by atoms with Crippen molar-refractivity contribution < 1.29 is 18.3 Å². The van der Waals surface area contributed by atoms with E-state index >= 15 is 4.39 Å². The summed E-state index contributed by atoms with van der Waals surface area (Å²) in [6.07, 6.45) is -0.331. The molecule has 180 valence electrons. The molecule has 0 N–H and O–H groups in total. The van der Waals surface area contributed by atoms with Crippen LogP contribution < -0.4 is 4.90 Å². The highest BCUT2D eigenvalue weighted by Crippen LogP contribution is 2.37. The number of ether oxygens (including phenoxy) is 1. The summed E-state index contributed by atoms with van der Waals surface area (Å²) in [4.78, 5) is 16.3. The third kappa shape index (κ3) is 6.15. The SMILES string of the molecule is C[C@@H]1CN(c2cccc(CO[Si](C)(C)C(C)(C)C)c2F)CCN1C(=O)OCc1ccccc1. The quantitative estimate of drug-likeness (QED) is 0.470.